The summed E-state index contributed by atoms with van der Waals surface area (Å²) < 4.78 is 23.1. The van der Waals surface area contributed by atoms with E-state index in [0.717, 1.165) is 18.2 Å². The number of carboxylic acids is 1. The number of ether oxygens (including phenoxy) is 4. The Kier molecular flexibility index (Phi) is 11.1. The number of ketones is 2. The van der Waals surface area contributed by atoms with Gasteiger partial charge in [0.1, 0.15) is 71.8 Å². The maximum Gasteiger partial charge on any atom is 0.335 e. The third-order valence-electron chi connectivity index (χ3n) is 11.7. The topological polar surface area (TPSA) is 331 Å². The van der Waals surface area contributed by atoms with Gasteiger partial charge in [0.05, 0.1) is 47.6 Å². The first kappa shape index (κ1) is 42.2. The summed E-state index contributed by atoms with van der Waals surface area (Å²) >= 11 is 0. The van der Waals surface area contributed by atoms with E-state index in [2.05, 4.69) is 0 Å². The molecule has 0 unspecified atom stereocenters. The van der Waals surface area contributed by atoms with Crippen LogP contribution in [0.25, 0.3) is 0 Å². The second kappa shape index (κ2) is 16.0. The Balaban J connectivity index is 1.37. The Morgan fingerprint density at radius 1 is 0.557 bits per heavy atom. The number of benzene rings is 4. The van der Waals surface area contributed by atoms with Gasteiger partial charge in [0.2, 0.25) is 24.1 Å². The molecule has 19 nitrogen and oxygen atoms in total. The molecule has 0 radical (unpaired) electrons. The minimum Gasteiger partial charge on any atom is -0.507 e. The monoisotopic (exact) mass is 848 g/mol. The minimum absolute atomic E-state index is 0.0646. The van der Waals surface area contributed by atoms with Crippen LogP contribution in [0.1, 0.15) is 81.9 Å². The van der Waals surface area contributed by atoms with Crippen LogP contribution >= 0.6 is 0 Å². The van der Waals surface area contributed by atoms with Crippen molar-refractivity contribution in [2.75, 3.05) is 13.2 Å². The second-order valence-corrected chi connectivity index (χ2v) is 15.2. The second-order valence-electron chi connectivity index (χ2n) is 15.2. The van der Waals surface area contributed by atoms with Crippen molar-refractivity contribution in [2.45, 2.75) is 79.9 Å². The van der Waals surface area contributed by atoms with E-state index >= 15 is 0 Å². The van der Waals surface area contributed by atoms with Crippen molar-refractivity contribution >= 4 is 17.5 Å². The molecule has 0 amide bonds. The van der Waals surface area contributed by atoms with Crippen LogP contribution in [0, 0.1) is 0 Å². The quantitative estimate of drug-likeness (QED) is 0.0931. The number of carbonyl (C=O) groups excluding carboxylic acids is 2. The van der Waals surface area contributed by atoms with E-state index in [1.807, 2.05) is 0 Å². The molecule has 4 aliphatic rings. The van der Waals surface area contributed by atoms with Crippen LogP contribution in [0.2, 0.25) is 0 Å². The van der Waals surface area contributed by atoms with E-state index in [1.54, 1.807) is 0 Å². The molecular formula is C42H40O19. The molecule has 0 spiro atoms. The molecule has 4 aromatic rings. The smallest absolute Gasteiger partial charge is 0.335 e. The van der Waals surface area contributed by atoms with Crippen LogP contribution in [0.5, 0.6) is 23.0 Å². The summed E-state index contributed by atoms with van der Waals surface area (Å²) in [5.74, 6) is -7.67. The standard InChI is InChI=1S/C42H40O19/c43-11-14-7-18-26(16-3-1-5-22(30(16)34(50)28(18)20(46)8-14)58-41-38(54)36(52)32(48)24(12-44)60-41)27-17-4-2-6-23(59-42-39(55)37(53)33(49)25(13-45)61-42)31(17)35(51)29-19(27)9-15(40(56)57)10-21(29)47/h1-10,24-27,32-33,36-39,41-49,52-55H,11-13H2,(H,56,57)/t24-,25-,26+,27-,32+,33+,36+,37-,38+,39+,41-,42-/m1/s1. The Hall–Kier alpha value is -5.55. The predicted octanol–water partition coefficient (Wildman–Crippen LogP) is -1.30. The van der Waals surface area contributed by atoms with E-state index in [9.17, 15) is 75.7 Å². The third kappa shape index (κ3) is 6.80. The number of phenolic OH excluding ortho intramolecular Hbond substituents is 2. The van der Waals surface area contributed by atoms with E-state index < -0.39 is 133 Å². The number of fused-ring (bicyclic) bond motifs is 4. The molecule has 12 atom stereocenters. The van der Waals surface area contributed by atoms with Crippen molar-refractivity contribution in [3.63, 3.8) is 0 Å². The summed E-state index contributed by atoms with van der Waals surface area (Å²) in [5, 5.41) is 126. The van der Waals surface area contributed by atoms with Crippen molar-refractivity contribution in [3.05, 3.63) is 116 Å². The average molecular weight is 849 g/mol. The van der Waals surface area contributed by atoms with Crippen molar-refractivity contribution in [3.8, 4) is 23.0 Å². The fourth-order valence-corrected chi connectivity index (χ4v) is 8.74. The Morgan fingerprint density at radius 3 is 1.43 bits per heavy atom. The molecule has 2 heterocycles. The summed E-state index contributed by atoms with van der Waals surface area (Å²) in [4.78, 5) is 41.8. The lowest BCUT2D eigenvalue weighted by Gasteiger charge is -2.41. The van der Waals surface area contributed by atoms with Gasteiger partial charge in [-0.25, -0.2) is 4.79 Å². The highest BCUT2D eigenvalue weighted by Gasteiger charge is 2.50. The number of aliphatic hydroxyl groups excluding tert-OH is 9. The Bertz CT molecular complexity index is 2410. The predicted molar refractivity (Wildman–Crippen MR) is 201 cm³/mol. The number of carboxylic acid groups (broad SMARTS) is 1. The molecule has 19 heteroatoms. The zero-order valence-corrected chi connectivity index (χ0v) is 31.5. The van der Waals surface area contributed by atoms with Crippen molar-refractivity contribution in [1.82, 2.24) is 0 Å². The maximum absolute atomic E-state index is 14.7. The Morgan fingerprint density at radius 2 is 1.00 bits per heavy atom. The molecule has 12 N–H and O–H groups in total. The number of hydrogen-bond acceptors (Lipinski definition) is 18. The van der Waals surface area contributed by atoms with Crippen molar-refractivity contribution in [2.24, 2.45) is 0 Å². The molecular weight excluding hydrogens is 808 g/mol. The largest absolute Gasteiger partial charge is 0.507 e. The first-order valence-electron chi connectivity index (χ1n) is 19.0. The van der Waals surface area contributed by atoms with Gasteiger partial charge in [-0.3, -0.25) is 9.59 Å². The molecule has 2 aliphatic heterocycles. The molecule has 2 saturated heterocycles. The molecule has 0 bridgehead atoms. The fraction of sp³-hybridized carbons (Fsp3) is 0.357. The van der Waals surface area contributed by atoms with E-state index in [1.165, 1.54) is 42.5 Å². The maximum atomic E-state index is 14.7. The van der Waals surface area contributed by atoms with Crippen molar-refractivity contribution in [1.29, 1.82) is 0 Å². The highest BCUT2D eigenvalue weighted by atomic mass is 16.7. The first-order chi connectivity index (χ1) is 29.1. The molecule has 2 aliphatic carbocycles. The summed E-state index contributed by atoms with van der Waals surface area (Å²) in [5.41, 5.74) is -1.30. The lowest BCUT2D eigenvalue weighted by molar-refractivity contribution is -0.277. The number of aromatic hydroxyl groups is 2. The van der Waals surface area contributed by atoms with Gasteiger partial charge in [-0.05, 0) is 58.1 Å². The normalized spacial score (nSPS) is 30.4. The van der Waals surface area contributed by atoms with Gasteiger partial charge in [0, 0.05) is 11.8 Å². The van der Waals surface area contributed by atoms with Crippen molar-refractivity contribution < 1.29 is 94.6 Å². The van der Waals surface area contributed by atoms with Crippen LogP contribution in [-0.4, -0.2) is 153 Å². The number of rotatable bonds is 9. The van der Waals surface area contributed by atoms with E-state index in [4.69, 9.17) is 18.9 Å². The minimum atomic E-state index is -1.91. The van der Waals surface area contributed by atoms with Gasteiger partial charge < -0.3 is 80.2 Å². The molecule has 0 aromatic heterocycles. The fourth-order valence-electron chi connectivity index (χ4n) is 8.74. The number of carbonyl (C=O) groups is 3. The number of aliphatic hydroxyl groups is 9. The van der Waals surface area contributed by atoms with Gasteiger partial charge in [-0.1, -0.05) is 30.3 Å². The third-order valence-corrected chi connectivity index (χ3v) is 11.7. The first-order valence-corrected chi connectivity index (χ1v) is 19.0. The van der Waals surface area contributed by atoms with Crippen LogP contribution in [-0.2, 0) is 16.1 Å². The van der Waals surface area contributed by atoms with Gasteiger partial charge in [-0.2, -0.15) is 0 Å². The SMILES string of the molecule is O=C(O)c1cc(O)c2c(c1)[C@H]([C@@H]1c3cc(CO)cc(O)c3C(=O)c3c(O[C@@H]4O[C@H](CO)[C@H](O)[C@H](O)[C@@H]4O)cccc31)c1cccc(O[C@@H]3O[C@H](CO)[C@H](O)[C@@H](O)[C@@H]3O)c1C2=O. The average Bonchev–Trinajstić information content (AvgIpc) is 3.24. The van der Waals surface area contributed by atoms with Gasteiger partial charge in [-0.15, -0.1) is 0 Å². The van der Waals surface area contributed by atoms with Crippen LogP contribution < -0.4 is 9.47 Å². The summed E-state index contributed by atoms with van der Waals surface area (Å²) in [6.07, 6.45) is -17.4. The number of hydrogen-bond donors (Lipinski definition) is 12. The summed E-state index contributed by atoms with van der Waals surface area (Å²) in [7, 11) is 0. The van der Waals surface area contributed by atoms with Crippen LogP contribution in [0.3, 0.4) is 0 Å². The van der Waals surface area contributed by atoms with Crippen LogP contribution in [0.4, 0.5) is 0 Å². The molecule has 8 rings (SSSR count). The number of aromatic carboxylic acids is 1. The lowest BCUT2D eigenvalue weighted by atomic mass is 9.63. The molecule has 61 heavy (non-hydrogen) atoms. The molecule has 322 valence electrons. The molecule has 0 saturated carbocycles. The lowest BCUT2D eigenvalue weighted by Crippen LogP contribution is -2.60. The zero-order chi connectivity index (χ0) is 43.8. The van der Waals surface area contributed by atoms with Gasteiger partial charge in [0.15, 0.2) is 0 Å². The highest BCUT2D eigenvalue weighted by molar-refractivity contribution is 6.18. The zero-order valence-electron chi connectivity index (χ0n) is 31.5. The van der Waals surface area contributed by atoms with Crippen LogP contribution in [0.15, 0.2) is 60.7 Å². The molecule has 4 aromatic carbocycles. The van der Waals surface area contributed by atoms with Gasteiger partial charge >= 0.3 is 5.97 Å². The van der Waals surface area contributed by atoms with Gasteiger partial charge in [0.25, 0.3) is 0 Å². The van der Waals surface area contributed by atoms with E-state index in [-0.39, 0.29) is 56.0 Å². The Labute approximate surface area is 344 Å². The summed E-state index contributed by atoms with van der Waals surface area (Å²) in [6.45, 7) is -2.21. The molecule has 2 fully saturated rings. The summed E-state index contributed by atoms with van der Waals surface area (Å²) in [6, 6.07) is 13.1. The number of phenols is 2. The highest BCUT2D eigenvalue weighted by Crippen LogP contribution is 2.56. The van der Waals surface area contributed by atoms with E-state index in [0.29, 0.717) is 0 Å².